The number of nitrogens with zero attached hydrogens (tertiary/aromatic N) is 6. The summed E-state index contributed by atoms with van der Waals surface area (Å²) in [5.41, 5.74) is 5.48. The third-order valence-electron chi connectivity index (χ3n) is 5.43. The Balaban J connectivity index is 0.000000216. The second-order valence-corrected chi connectivity index (χ2v) is 12.7. The summed E-state index contributed by atoms with van der Waals surface area (Å²) >= 11 is 28.8. The number of aryl methyl sites for hydroxylation is 3. The molecule has 0 fully saturated rings. The Morgan fingerprint density at radius 3 is 1.98 bits per heavy atom. The predicted molar refractivity (Wildman–Crippen MR) is 183 cm³/mol. The van der Waals surface area contributed by atoms with Crippen LogP contribution in [0.1, 0.15) is 26.4 Å². The number of carbonyl (C=O) groups excluding carboxylic acids is 1. The number of thiophene rings is 2. The normalized spacial score (nSPS) is 11.0. The SMILES string of the molecule is CNN.CSC(=NC(=O)c1sccc1C)c1c(Cl)cncc1Cl.Cc1ccsc1-c1nc(-c2c(Cl)cncc2Cl)nn1C. The van der Waals surface area contributed by atoms with Crippen LogP contribution in [0.15, 0.2) is 52.7 Å². The van der Waals surface area contributed by atoms with Gasteiger partial charge in [0.05, 0.1) is 35.4 Å². The molecular formula is C27H26Cl4N8OS3. The molecule has 5 heterocycles. The molecule has 0 bridgehead atoms. The van der Waals surface area contributed by atoms with Crippen molar-refractivity contribution in [2.45, 2.75) is 13.8 Å². The Labute approximate surface area is 281 Å². The number of carbonyl (C=O) groups is 1. The van der Waals surface area contributed by atoms with E-state index in [0.29, 0.717) is 47.0 Å². The number of amides is 1. The summed E-state index contributed by atoms with van der Waals surface area (Å²) in [6, 6.07) is 3.94. The molecule has 0 aliphatic heterocycles. The number of halogens is 4. The average Bonchev–Trinajstić information content (AvgIpc) is 3.68. The van der Waals surface area contributed by atoms with Crippen molar-refractivity contribution in [3.8, 4) is 22.1 Å². The molecule has 1 amide bonds. The zero-order valence-electron chi connectivity index (χ0n) is 23.5. The van der Waals surface area contributed by atoms with Crippen LogP contribution in [-0.2, 0) is 7.05 Å². The fourth-order valence-electron chi connectivity index (χ4n) is 3.47. The van der Waals surface area contributed by atoms with Crippen molar-refractivity contribution in [1.82, 2.24) is 30.2 Å². The Morgan fingerprint density at radius 2 is 1.49 bits per heavy atom. The van der Waals surface area contributed by atoms with Crippen LogP contribution in [0, 0.1) is 13.8 Å². The van der Waals surface area contributed by atoms with Crippen LogP contribution in [0.2, 0.25) is 20.1 Å². The Bertz CT molecular complexity index is 1690. The summed E-state index contributed by atoms with van der Waals surface area (Å²) in [6.45, 7) is 3.93. The van der Waals surface area contributed by atoms with Crippen LogP contribution in [-0.4, -0.2) is 49.0 Å². The van der Waals surface area contributed by atoms with Crippen molar-refractivity contribution in [3.05, 3.63) is 89.3 Å². The fraction of sp³-hybridized carbons (Fsp3) is 0.185. The highest BCUT2D eigenvalue weighted by Gasteiger charge is 2.19. The number of aromatic nitrogens is 5. The van der Waals surface area contributed by atoms with Gasteiger partial charge in [-0.2, -0.15) is 5.10 Å². The lowest BCUT2D eigenvalue weighted by Crippen LogP contribution is -2.13. The van der Waals surface area contributed by atoms with E-state index < -0.39 is 0 Å². The predicted octanol–water partition coefficient (Wildman–Crippen LogP) is 8.01. The van der Waals surface area contributed by atoms with Crippen LogP contribution in [0.25, 0.3) is 22.1 Å². The molecule has 0 aliphatic rings. The first-order valence-electron chi connectivity index (χ1n) is 12.2. The highest BCUT2D eigenvalue weighted by Crippen LogP contribution is 2.34. The largest absolute Gasteiger partial charge is 0.288 e. The number of pyridine rings is 2. The fourth-order valence-corrected chi connectivity index (χ4v) is 7.01. The zero-order valence-corrected chi connectivity index (χ0v) is 29.0. The van der Waals surface area contributed by atoms with E-state index in [1.54, 1.807) is 23.1 Å². The number of nitrogens with one attached hydrogen (secondary N) is 1. The van der Waals surface area contributed by atoms with Gasteiger partial charge in [-0.15, -0.1) is 34.4 Å². The van der Waals surface area contributed by atoms with Crippen molar-refractivity contribution in [3.63, 3.8) is 0 Å². The summed E-state index contributed by atoms with van der Waals surface area (Å²) in [7, 11) is 3.51. The van der Waals surface area contributed by atoms with Crippen LogP contribution < -0.4 is 11.3 Å². The molecule has 9 nitrogen and oxygen atoms in total. The molecule has 0 saturated heterocycles. The minimum Gasteiger partial charge on any atom is -0.272 e. The van der Waals surface area contributed by atoms with Gasteiger partial charge in [0.15, 0.2) is 11.6 Å². The standard InChI is InChI=1S/C13H10Cl2N4S.C13H10Cl2N2OS2.CH6N2/c1-7-3-4-20-11(7)13-17-12(18-19(13)2)10-8(14)5-16-6-9(10)15;1-7-3-4-20-11(7)12(18)17-13(19-2)10-8(14)5-16-6-9(10)15;1-3-2/h2*3-6H,1-2H3;3H,2H2,1H3. The van der Waals surface area contributed by atoms with Crippen LogP contribution in [0.4, 0.5) is 0 Å². The van der Waals surface area contributed by atoms with Gasteiger partial charge >= 0.3 is 0 Å². The molecule has 0 radical (unpaired) electrons. The summed E-state index contributed by atoms with van der Waals surface area (Å²) in [6.07, 6.45) is 7.86. The maximum Gasteiger partial charge on any atom is 0.288 e. The first-order valence-corrected chi connectivity index (χ1v) is 16.7. The molecule has 3 N–H and O–H groups in total. The first kappa shape index (κ1) is 35.1. The van der Waals surface area contributed by atoms with Crippen molar-refractivity contribution in [2.24, 2.45) is 17.9 Å². The van der Waals surface area contributed by atoms with Crippen LogP contribution in [0.3, 0.4) is 0 Å². The van der Waals surface area contributed by atoms with Gasteiger partial charge in [0.1, 0.15) is 5.04 Å². The van der Waals surface area contributed by atoms with Gasteiger partial charge in [0, 0.05) is 37.4 Å². The van der Waals surface area contributed by atoms with Gasteiger partial charge in [-0.1, -0.05) is 46.4 Å². The van der Waals surface area contributed by atoms with Crippen molar-refractivity contribution >= 4 is 91.8 Å². The molecule has 5 aromatic heterocycles. The molecule has 5 rings (SSSR count). The van der Waals surface area contributed by atoms with Crippen LogP contribution >= 0.6 is 80.8 Å². The van der Waals surface area contributed by atoms with E-state index in [1.807, 2.05) is 44.0 Å². The van der Waals surface area contributed by atoms with Gasteiger partial charge < -0.3 is 0 Å². The summed E-state index contributed by atoms with van der Waals surface area (Å²) in [5, 5.41) is 10.4. The van der Waals surface area contributed by atoms with E-state index in [4.69, 9.17) is 46.4 Å². The number of nitrogens with two attached hydrogens (primary N) is 1. The van der Waals surface area contributed by atoms with Crippen LogP contribution in [0.5, 0.6) is 0 Å². The van der Waals surface area contributed by atoms with Gasteiger partial charge in [-0.3, -0.25) is 26.0 Å². The molecule has 43 heavy (non-hydrogen) atoms. The highest BCUT2D eigenvalue weighted by atomic mass is 35.5. The summed E-state index contributed by atoms with van der Waals surface area (Å²) < 4.78 is 1.74. The molecule has 0 aromatic carbocycles. The van der Waals surface area contributed by atoms with Gasteiger partial charge in [-0.05, 0) is 61.2 Å². The Morgan fingerprint density at radius 1 is 0.953 bits per heavy atom. The van der Waals surface area contributed by atoms with Gasteiger partial charge in [-0.25, -0.2) is 14.7 Å². The smallest absolute Gasteiger partial charge is 0.272 e. The number of rotatable bonds is 4. The summed E-state index contributed by atoms with van der Waals surface area (Å²) in [4.78, 5) is 30.5. The monoisotopic (exact) mass is 714 g/mol. The molecule has 0 aliphatic carbocycles. The lowest BCUT2D eigenvalue weighted by atomic mass is 10.2. The molecular weight excluding hydrogens is 690 g/mol. The molecule has 226 valence electrons. The van der Waals surface area contributed by atoms with Gasteiger partial charge in [0.2, 0.25) is 0 Å². The van der Waals surface area contributed by atoms with E-state index in [0.717, 1.165) is 16.3 Å². The number of hydrazine groups is 1. The Hall–Kier alpha value is -2.39. The van der Waals surface area contributed by atoms with Crippen molar-refractivity contribution in [2.75, 3.05) is 13.3 Å². The van der Waals surface area contributed by atoms with Crippen molar-refractivity contribution < 1.29 is 4.79 Å². The number of hydrogen-bond donors (Lipinski definition) is 2. The lowest BCUT2D eigenvalue weighted by Gasteiger charge is -2.07. The molecule has 16 heteroatoms. The van der Waals surface area contributed by atoms with E-state index in [-0.39, 0.29) is 5.91 Å². The second kappa shape index (κ2) is 16.6. The Kier molecular flexibility index (Phi) is 13.6. The van der Waals surface area contributed by atoms with E-state index >= 15 is 0 Å². The molecule has 5 aromatic rings. The van der Waals surface area contributed by atoms with E-state index in [2.05, 4.69) is 42.4 Å². The first-order chi connectivity index (χ1) is 20.5. The average molecular weight is 717 g/mol. The maximum atomic E-state index is 12.2. The summed E-state index contributed by atoms with van der Waals surface area (Å²) in [5.74, 6) is 5.62. The number of aliphatic imine (C=N–C) groups is 1. The quantitative estimate of drug-likeness (QED) is 0.0830. The zero-order chi connectivity index (χ0) is 31.7. The second-order valence-electron chi connectivity index (χ2n) is 8.42. The third-order valence-corrected chi connectivity index (χ3v) is 9.27. The lowest BCUT2D eigenvalue weighted by molar-refractivity contribution is 0.101. The highest BCUT2D eigenvalue weighted by molar-refractivity contribution is 8.13. The van der Waals surface area contributed by atoms with Gasteiger partial charge in [0.25, 0.3) is 5.91 Å². The van der Waals surface area contributed by atoms with E-state index in [1.165, 1.54) is 53.4 Å². The number of thioether (sulfide) groups is 1. The molecule has 0 spiro atoms. The van der Waals surface area contributed by atoms with Crippen molar-refractivity contribution in [1.29, 1.82) is 0 Å². The number of hydrogen-bond acceptors (Lipinski definition) is 10. The third kappa shape index (κ3) is 8.84. The topological polar surface area (TPSA) is 124 Å². The minimum absolute atomic E-state index is 0.286. The maximum absolute atomic E-state index is 12.2. The molecule has 0 saturated carbocycles. The minimum atomic E-state index is -0.286. The van der Waals surface area contributed by atoms with E-state index in [9.17, 15) is 4.79 Å². The molecule has 0 atom stereocenters. The molecule has 0 unspecified atom stereocenters.